The molecule has 2 atom stereocenters. The highest BCUT2D eigenvalue weighted by Crippen LogP contribution is 2.46. The second-order valence-electron chi connectivity index (χ2n) is 4.74. The number of rotatable bonds is 4. The summed E-state index contributed by atoms with van der Waals surface area (Å²) >= 11 is 0. The number of methoxy groups -OCH3 is 1. The molecule has 2 unspecified atom stereocenters. The molecule has 1 aliphatic rings. The lowest BCUT2D eigenvalue weighted by Crippen LogP contribution is -2.11. The van der Waals surface area contributed by atoms with Gasteiger partial charge in [0, 0.05) is 5.92 Å². The number of carboxylic acids is 1. The first-order valence-electron chi connectivity index (χ1n) is 6.32. The van der Waals surface area contributed by atoms with Crippen molar-refractivity contribution in [1.29, 1.82) is 0 Å². The van der Waals surface area contributed by atoms with Crippen molar-refractivity contribution in [2.45, 2.75) is 12.3 Å². The van der Waals surface area contributed by atoms with Crippen LogP contribution in [0.4, 0.5) is 0 Å². The number of tetrazole rings is 1. The van der Waals surface area contributed by atoms with E-state index in [2.05, 4.69) is 15.5 Å². The van der Waals surface area contributed by atoms with Gasteiger partial charge in [-0.25, -0.2) is 4.79 Å². The number of aromatic nitrogens is 4. The summed E-state index contributed by atoms with van der Waals surface area (Å²) in [5.74, 6) is -1.63. The number of nitrogens with zero attached hydrogens (tertiary/aromatic N) is 4. The Hall–Kier alpha value is -2.77. The van der Waals surface area contributed by atoms with E-state index in [9.17, 15) is 9.59 Å². The molecule has 0 bridgehead atoms. The molecule has 0 saturated heterocycles. The average Bonchev–Trinajstić information content (AvgIpc) is 3.16. The Morgan fingerprint density at radius 3 is 2.81 bits per heavy atom. The number of carbonyl (C=O) groups excluding carboxylic acids is 1. The third-order valence-electron chi connectivity index (χ3n) is 3.47. The molecule has 2 aromatic rings. The molecule has 21 heavy (non-hydrogen) atoms. The first-order valence-corrected chi connectivity index (χ1v) is 6.32. The van der Waals surface area contributed by atoms with Crippen LogP contribution in [0.2, 0.25) is 0 Å². The van der Waals surface area contributed by atoms with Crippen molar-refractivity contribution in [3.05, 3.63) is 35.7 Å². The maximum atomic E-state index is 11.8. The summed E-state index contributed by atoms with van der Waals surface area (Å²) in [6.07, 6.45) is 0.496. The van der Waals surface area contributed by atoms with Gasteiger partial charge in [-0.3, -0.25) is 4.79 Å². The van der Waals surface area contributed by atoms with Gasteiger partial charge >= 0.3 is 11.9 Å². The fraction of sp³-hybridized carbons (Fsp3) is 0.308. The molecule has 0 aliphatic heterocycles. The summed E-state index contributed by atoms with van der Waals surface area (Å²) in [5.41, 5.74) is 0.793. The number of hydrogen-bond acceptors (Lipinski definition) is 6. The zero-order chi connectivity index (χ0) is 15.0. The van der Waals surface area contributed by atoms with Crippen LogP contribution in [-0.2, 0) is 9.53 Å². The number of carbonyl (C=O) groups is 2. The van der Waals surface area contributed by atoms with E-state index >= 15 is 0 Å². The van der Waals surface area contributed by atoms with Gasteiger partial charge < -0.3 is 9.84 Å². The standard InChI is InChI=1S/C13H12N4O4/c1-21-13(20)7-4-2-3-5-10(7)17-11(14-15-16-17)8-6-9(8)12(18)19/h2-5,8-9H,6H2,1H3,(H,18,19). The third-order valence-corrected chi connectivity index (χ3v) is 3.47. The van der Waals surface area contributed by atoms with E-state index < -0.39 is 17.9 Å². The average molecular weight is 288 g/mol. The summed E-state index contributed by atoms with van der Waals surface area (Å²) in [7, 11) is 1.29. The number of esters is 1. The van der Waals surface area contributed by atoms with Crippen LogP contribution < -0.4 is 0 Å². The number of aliphatic carboxylic acids is 1. The number of hydrogen-bond donors (Lipinski definition) is 1. The Kier molecular flexibility index (Phi) is 3.13. The Labute approximate surface area is 119 Å². The van der Waals surface area contributed by atoms with Crippen LogP contribution in [0.5, 0.6) is 0 Å². The van der Waals surface area contributed by atoms with Gasteiger partial charge in [-0.2, -0.15) is 4.68 Å². The van der Waals surface area contributed by atoms with Crippen molar-refractivity contribution in [1.82, 2.24) is 20.2 Å². The topological polar surface area (TPSA) is 107 Å². The maximum Gasteiger partial charge on any atom is 0.340 e. The lowest BCUT2D eigenvalue weighted by atomic mass is 10.1. The maximum absolute atomic E-state index is 11.8. The molecule has 1 aliphatic carbocycles. The Morgan fingerprint density at radius 1 is 1.38 bits per heavy atom. The lowest BCUT2D eigenvalue weighted by Gasteiger charge is -2.08. The van der Waals surface area contributed by atoms with Gasteiger partial charge in [-0.05, 0) is 29.0 Å². The van der Waals surface area contributed by atoms with Gasteiger partial charge in [0.15, 0.2) is 5.82 Å². The Bertz CT molecular complexity index is 712. The first kappa shape index (κ1) is 13.2. The molecule has 0 radical (unpaired) electrons. The van der Waals surface area contributed by atoms with Crippen LogP contribution in [-0.4, -0.2) is 44.4 Å². The highest BCUT2D eigenvalue weighted by molar-refractivity contribution is 5.93. The minimum Gasteiger partial charge on any atom is -0.481 e. The van der Waals surface area contributed by atoms with Crippen molar-refractivity contribution < 1.29 is 19.4 Å². The molecule has 0 spiro atoms. The molecule has 1 fully saturated rings. The van der Waals surface area contributed by atoms with Crippen molar-refractivity contribution in [2.75, 3.05) is 7.11 Å². The molecule has 8 heteroatoms. The van der Waals surface area contributed by atoms with Crippen LogP contribution in [0, 0.1) is 5.92 Å². The highest BCUT2D eigenvalue weighted by atomic mass is 16.5. The third kappa shape index (κ3) is 2.24. The number of ether oxygens (including phenoxy) is 1. The smallest absolute Gasteiger partial charge is 0.340 e. The summed E-state index contributed by atoms with van der Waals surface area (Å²) in [6.45, 7) is 0. The van der Waals surface area contributed by atoms with Crippen molar-refractivity contribution in [3.8, 4) is 5.69 Å². The number of para-hydroxylation sites is 1. The predicted octanol–water partition coefficient (Wildman–Crippen LogP) is 0.637. The normalized spacial score (nSPS) is 20.0. The fourth-order valence-corrected chi connectivity index (χ4v) is 2.29. The molecule has 1 aromatic heterocycles. The molecule has 1 N–H and O–H groups in total. The summed E-state index contributed by atoms with van der Waals surface area (Å²) in [5, 5.41) is 20.4. The molecular formula is C13H12N4O4. The zero-order valence-electron chi connectivity index (χ0n) is 11.1. The number of carboxylic acid groups (broad SMARTS) is 1. The van der Waals surface area contributed by atoms with Crippen LogP contribution in [0.15, 0.2) is 24.3 Å². The largest absolute Gasteiger partial charge is 0.481 e. The number of benzene rings is 1. The van der Waals surface area contributed by atoms with Gasteiger partial charge in [0.2, 0.25) is 0 Å². The lowest BCUT2D eigenvalue weighted by molar-refractivity contribution is -0.138. The van der Waals surface area contributed by atoms with E-state index in [-0.39, 0.29) is 5.92 Å². The SMILES string of the molecule is COC(=O)c1ccccc1-n1nnnc1C1CC1C(=O)O. The van der Waals surface area contributed by atoms with Crippen LogP contribution in [0.25, 0.3) is 5.69 Å². The Morgan fingerprint density at radius 2 is 2.14 bits per heavy atom. The summed E-state index contributed by atoms with van der Waals surface area (Å²) in [6, 6.07) is 6.74. The zero-order valence-corrected chi connectivity index (χ0v) is 11.1. The van der Waals surface area contributed by atoms with E-state index in [4.69, 9.17) is 9.84 Å². The quantitative estimate of drug-likeness (QED) is 0.822. The van der Waals surface area contributed by atoms with Crippen LogP contribution >= 0.6 is 0 Å². The van der Waals surface area contributed by atoms with Gasteiger partial charge in [-0.15, -0.1) is 5.10 Å². The van der Waals surface area contributed by atoms with E-state index in [0.717, 1.165) is 0 Å². The highest BCUT2D eigenvalue weighted by Gasteiger charge is 2.48. The molecule has 8 nitrogen and oxygen atoms in total. The molecular weight excluding hydrogens is 276 g/mol. The molecule has 1 heterocycles. The molecule has 108 valence electrons. The van der Waals surface area contributed by atoms with E-state index in [1.807, 2.05) is 0 Å². The van der Waals surface area contributed by atoms with Gasteiger partial charge in [0.25, 0.3) is 0 Å². The second kappa shape index (κ2) is 4.97. The van der Waals surface area contributed by atoms with E-state index in [1.54, 1.807) is 24.3 Å². The van der Waals surface area contributed by atoms with Crippen molar-refractivity contribution in [2.24, 2.45) is 5.92 Å². The van der Waals surface area contributed by atoms with E-state index in [1.165, 1.54) is 11.8 Å². The van der Waals surface area contributed by atoms with Gasteiger partial charge in [0.05, 0.1) is 24.3 Å². The minimum atomic E-state index is -0.865. The molecule has 1 aromatic carbocycles. The molecule has 1 saturated carbocycles. The van der Waals surface area contributed by atoms with Crippen LogP contribution in [0.1, 0.15) is 28.5 Å². The van der Waals surface area contributed by atoms with Gasteiger partial charge in [0.1, 0.15) is 0 Å². The van der Waals surface area contributed by atoms with Gasteiger partial charge in [-0.1, -0.05) is 12.1 Å². The minimum absolute atomic E-state index is 0.233. The molecule has 0 amide bonds. The fourth-order valence-electron chi connectivity index (χ4n) is 2.29. The molecule has 3 rings (SSSR count). The Balaban J connectivity index is 2.02. The predicted molar refractivity (Wildman–Crippen MR) is 69.0 cm³/mol. The second-order valence-corrected chi connectivity index (χ2v) is 4.74. The van der Waals surface area contributed by atoms with E-state index in [0.29, 0.717) is 23.5 Å². The summed E-state index contributed by atoms with van der Waals surface area (Å²) < 4.78 is 6.14. The first-order chi connectivity index (χ1) is 10.1. The monoisotopic (exact) mass is 288 g/mol. The van der Waals surface area contributed by atoms with Crippen LogP contribution in [0.3, 0.4) is 0 Å². The van der Waals surface area contributed by atoms with Crippen molar-refractivity contribution in [3.63, 3.8) is 0 Å². The van der Waals surface area contributed by atoms with Crippen molar-refractivity contribution >= 4 is 11.9 Å². The summed E-state index contributed by atoms with van der Waals surface area (Å²) in [4.78, 5) is 22.8.